The van der Waals surface area contributed by atoms with E-state index in [1.807, 2.05) is 0 Å². The Morgan fingerprint density at radius 3 is 2.69 bits per heavy atom. The summed E-state index contributed by atoms with van der Waals surface area (Å²) >= 11 is 2.38. The summed E-state index contributed by atoms with van der Waals surface area (Å²) in [6.07, 6.45) is 7.13. The van der Waals surface area contributed by atoms with Crippen LogP contribution in [-0.2, 0) is 0 Å². The topological polar surface area (TPSA) is 12.0 Å². The maximum absolute atomic E-state index is 3.58. The van der Waals surface area contributed by atoms with Gasteiger partial charge in [-0.05, 0) is 72.0 Å². The van der Waals surface area contributed by atoms with Crippen molar-refractivity contribution in [2.45, 2.75) is 39.0 Å². The number of hydrogen-bond donors (Lipinski definition) is 1. The molecule has 0 spiro atoms. The van der Waals surface area contributed by atoms with E-state index in [0.717, 1.165) is 12.5 Å². The lowest BCUT2D eigenvalue weighted by Gasteiger charge is -2.22. The second-order valence-electron chi connectivity index (χ2n) is 4.85. The third-order valence-electron chi connectivity index (χ3n) is 3.48. The molecule has 0 radical (unpaired) electrons. The van der Waals surface area contributed by atoms with Gasteiger partial charge in [-0.15, -0.1) is 0 Å². The Balaban J connectivity index is 1.86. The van der Waals surface area contributed by atoms with Crippen LogP contribution >= 0.6 is 22.6 Å². The van der Waals surface area contributed by atoms with Crippen LogP contribution in [0, 0.1) is 16.4 Å². The van der Waals surface area contributed by atoms with E-state index >= 15 is 0 Å². The highest BCUT2D eigenvalue weighted by Gasteiger charge is 2.12. The molecule has 0 amide bonds. The Kier molecular flexibility index (Phi) is 4.50. The second kappa shape index (κ2) is 5.89. The van der Waals surface area contributed by atoms with Gasteiger partial charge >= 0.3 is 0 Å². The van der Waals surface area contributed by atoms with Crippen molar-refractivity contribution >= 4 is 28.3 Å². The summed E-state index contributed by atoms with van der Waals surface area (Å²) in [5, 5.41) is 3.58. The summed E-state index contributed by atoms with van der Waals surface area (Å²) < 4.78 is 1.35. The van der Waals surface area contributed by atoms with Crippen LogP contribution in [0.1, 0.15) is 37.7 Å². The largest absolute Gasteiger partial charge is 0.385 e. The molecule has 1 N–H and O–H groups in total. The summed E-state index contributed by atoms with van der Waals surface area (Å²) in [7, 11) is 0. The van der Waals surface area contributed by atoms with Gasteiger partial charge in [0.15, 0.2) is 0 Å². The molecule has 1 saturated carbocycles. The van der Waals surface area contributed by atoms with Gasteiger partial charge in [-0.3, -0.25) is 0 Å². The zero-order valence-electron chi connectivity index (χ0n) is 9.93. The summed E-state index contributed by atoms with van der Waals surface area (Å²) in [4.78, 5) is 0. The van der Waals surface area contributed by atoms with Crippen molar-refractivity contribution in [3.8, 4) is 0 Å². The van der Waals surface area contributed by atoms with Crippen LogP contribution < -0.4 is 5.32 Å². The summed E-state index contributed by atoms with van der Waals surface area (Å²) in [5.74, 6) is 0.897. The maximum Gasteiger partial charge on any atom is 0.0343 e. The average molecular weight is 329 g/mol. The van der Waals surface area contributed by atoms with Gasteiger partial charge in [-0.1, -0.05) is 19.3 Å². The molecule has 2 heteroatoms. The molecule has 1 aromatic carbocycles. The van der Waals surface area contributed by atoms with E-state index < -0.39 is 0 Å². The van der Waals surface area contributed by atoms with Crippen LogP contribution in [0.15, 0.2) is 18.2 Å². The van der Waals surface area contributed by atoms with Crippen molar-refractivity contribution in [1.82, 2.24) is 0 Å². The predicted molar refractivity (Wildman–Crippen MR) is 79.0 cm³/mol. The van der Waals surface area contributed by atoms with Gasteiger partial charge in [0.2, 0.25) is 0 Å². The molecule has 0 saturated heterocycles. The molecule has 0 bridgehead atoms. The van der Waals surface area contributed by atoms with Crippen LogP contribution in [0.4, 0.5) is 5.69 Å². The van der Waals surface area contributed by atoms with E-state index in [1.54, 1.807) is 0 Å². The number of hydrogen-bond acceptors (Lipinski definition) is 1. The van der Waals surface area contributed by atoms with Gasteiger partial charge in [0.25, 0.3) is 0 Å². The maximum atomic E-state index is 3.58. The lowest BCUT2D eigenvalue weighted by molar-refractivity contribution is 0.373. The summed E-state index contributed by atoms with van der Waals surface area (Å²) in [6, 6.07) is 6.64. The monoisotopic (exact) mass is 329 g/mol. The van der Waals surface area contributed by atoms with Gasteiger partial charge in [0, 0.05) is 15.8 Å². The number of rotatable bonds is 3. The Bertz CT molecular complexity index is 343. The standard InChI is InChI=1S/C14H20IN/c1-11-9-13(7-8-14(11)15)16-10-12-5-3-2-4-6-12/h7-9,12,16H,2-6,10H2,1H3. The van der Waals surface area contributed by atoms with Gasteiger partial charge in [0.1, 0.15) is 0 Å². The van der Waals surface area contributed by atoms with E-state index in [2.05, 4.69) is 53.0 Å². The van der Waals surface area contributed by atoms with Gasteiger partial charge < -0.3 is 5.32 Å². The van der Waals surface area contributed by atoms with Gasteiger partial charge in [0.05, 0.1) is 0 Å². The van der Waals surface area contributed by atoms with Crippen LogP contribution in [-0.4, -0.2) is 6.54 Å². The highest BCUT2D eigenvalue weighted by atomic mass is 127. The fraction of sp³-hybridized carbons (Fsp3) is 0.571. The number of benzene rings is 1. The fourth-order valence-corrected chi connectivity index (χ4v) is 2.74. The molecular weight excluding hydrogens is 309 g/mol. The minimum absolute atomic E-state index is 0.897. The molecule has 1 fully saturated rings. The molecule has 1 nitrogen and oxygen atoms in total. The lowest BCUT2D eigenvalue weighted by atomic mass is 9.89. The molecule has 1 aromatic rings. The highest BCUT2D eigenvalue weighted by Crippen LogP contribution is 2.24. The number of nitrogens with one attached hydrogen (secondary N) is 1. The first-order valence-corrected chi connectivity index (χ1v) is 7.33. The van der Waals surface area contributed by atoms with E-state index in [-0.39, 0.29) is 0 Å². The third kappa shape index (κ3) is 3.37. The highest BCUT2D eigenvalue weighted by molar-refractivity contribution is 14.1. The first-order chi connectivity index (χ1) is 7.75. The van der Waals surface area contributed by atoms with Crippen LogP contribution in [0.25, 0.3) is 0 Å². The summed E-state index contributed by atoms with van der Waals surface area (Å²) in [6.45, 7) is 3.33. The Morgan fingerprint density at radius 1 is 1.25 bits per heavy atom. The van der Waals surface area contributed by atoms with Crippen LogP contribution in [0.2, 0.25) is 0 Å². The number of halogens is 1. The number of anilines is 1. The normalized spacial score (nSPS) is 17.4. The Morgan fingerprint density at radius 2 is 2.00 bits per heavy atom. The smallest absolute Gasteiger partial charge is 0.0343 e. The Hall–Kier alpha value is -0.250. The first-order valence-electron chi connectivity index (χ1n) is 6.26. The van der Waals surface area contributed by atoms with Crippen molar-refractivity contribution in [1.29, 1.82) is 0 Å². The van der Waals surface area contributed by atoms with Crippen molar-refractivity contribution in [3.63, 3.8) is 0 Å². The molecule has 1 aliphatic rings. The molecule has 0 heterocycles. The first kappa shape index (κ1) is 12.2. The van der Waals surface area contributed by atoms with Crippen LogP contribution in [0.5, 0.6) is 0 Å². The fourth-order valence-electron chi connectivity index (χ4n) is 2.41. The predicted octanol–water partition coefficient (Wildman–Crippen LogP) is 4.59. The van der Waals surface area contributed by atoms with Gasteiger partial charge in [-0.2, -0.15) is 0 Å². The molecule has 0 atom stereocenters. The van der Waals surface area contributed by atoms with Crippen molar-refractivity contribution < 1.29 is 0 Å². The van der Waals surface area contributed by atoms with E-state index in [4.69, 9.17) is 0 Å². The molecule has 16 heavy (non-hydrogen) atoms. The quantitative estimate of drug-likeness (QED) is 0.800. The van der Waals surface area contributed by atoms with Crippen LogP contribution in [0.3, 0.4) is 0 Å². The molecule has 0 aliphatic heterocycles. The molecular formula is C14H20IN. The van der Waals surface area contributed by atoms with Gasteiger partial charge in [-0.25, -0.2) is 0 Å². The molecule has 0 aromatic heterocycles. The number of aryl methyl sites for hydroxylation is 1. The van der Waals surface area contributed by atoms with Crippen molar-refractivity contribution in [2.75, 3.05) is 11.9 Å². The third-order valence-corrected chi connectivity index (χ3v) is 4.69. The van der Waals surface area contributed by atoms with E-state index in [0.29, 0.717) is 0 Å². The zero-order chi connectivity index (χ0) is 11.4. The zero-order valence-corrected chi connectivity index (χ0v) is 12.1. The second-order valence-corrected chi connectivity index (χ2v) is 6.01. The molecule has 2 rings (SSSR count). The van der Waals surface area contributed by atoms with E-state index in [9.17, 15) is 0 Å². The summed E-state index contributed by atoms with van der Waals surface area (Å²) in [5.41, 5.74) is 2.65. The van der Waals surface area contributed by atoms with Crippen molar-refractivity contribution in [2.24, 2.45) is 5.92 Å². The lowest BCUT2D eigenvalue weighted by Crippen LogP contribution is -2.17. The Labute approximate surface area is 112 Å². The minimum Gasteiger partial charge on any atom is -0.385 e. The molecule has 0 unspecified atom stereocenters. The molecule has 1 aliphatic carbocycles. The van der Waals surface area contributed by atoms with E-state index in [1.165, 1.54) is 46.9 Å². The average Bonchev–Trinajstić information content (AvgIpc) is 2.32. The molecule has 88 valence electrons. The minimum atomic E-state index is 0.897. The SMILES string of the molecule is Cc1cc(NCC2CCCCC2)ccc1I. The van der Waals surface area contributed by atoms with Crippen molar-refractivity contribution in [3.05, 3.63) is 27.3 Å².